The Bertz CT molecular complexity index is 1510. The lowest BCUT2D eigenvalue weighted by Crippen LogP contribution is -2.30. The van der Waals surface area contributed by atoms with E-state index in [1.807, 2.05) is 24.5 Å². The first-order chi connectivity index (χ1) is 19.2. The number of hydrogen-bond acceptors (Lipinski definition) is 6. The summed E-state index contributed by atoms with van der Waals surface area (Å²) in [5, 5.41) is 8.78. The summed E-state index contributed by atoms with van der Waals surface area (Å²) in [5.74, 6) is 1.70. The number of imidazole rings is 1. The van der Waals surface area contributed by atoms with Crippen molar-refractivity contribution in [2.75, 3.05) is 37.6 Å². The first kappa shape index (κ1) is 25.5. The number of H-pyrrole nitrogens is 2. The van der Waals surface area contributed by atoms with Gasteiger partial charge in [-0.25, -0.2) is 9.97 Å². The van der Waals surface area contributed by atoms with E-state index in [2.05, 4.69) is 56.7 Å². The summed E-state index contributed by atoms with van der Waals surface area (Å²) >= 11 is 0. The molecule has 202 valence electrons. The summed E-state index contributed by atoms with van der Waals surface area (Å²) < 4.78 is 0. The first-order valence-corrected chi connectivity index (χ1v) is 14.4. The summed E-state index contributed by atoms with van der Waals surface area (Å²) in [5.41, 5.74) is 6.81. The molecule has 0 saturated carbocycles. The van der Waals surface area contributed by atoms with Crippen molar-refractivity contribution in [2.45, 2.75) is 51.9 Å². The molecule has 39 heavy (non-hydrogen) atoms. The molecule has 2 saturated heterocycles. The maximum absolute atomic E-state index is 5.00. The molecule has 0 aromatic carbocycles. The molecule has 0 spiro atoms. The van der Waals surface area contributed by atoms with Crippen molar-refractivity contribution >= 4 is 33.3 Å². The number of nitrogens with one attached hydrogen (secondary N) is 2. The molecule has 0 unspecified atom stereocenters. The molecule has 0 aliphatic carbocycles. The van der Waals surface area contributed by atoms with Gasteiger partial charge >= 0.3 is 0 Å². The molecular formula is C31H38N8. The van der Waals surface area contributed by atoms with Gasteiger partial charge in [0, 0.05) is 24.7 Å². The molecule has 0 amide bonds. The number of nitrogens with zero attached hydrogens (tertiary/aromatic N) is 6. The average molecular weight is 523 g/mol. The van der Waals surface area contributed by atoms with Crippen LogP contribution in [0.5, 0.6) is 0 Å². The molecule has 2 aliphatic heterocycles. The van der Waals surface area contributed by atoms with Crippen LogP contribution in [-0.2, 0) is 0 Å². The van der Waals surface area contributed by atoms with E-state index >= 15 is 0 Å². The second-order valence-electron chi connectivity index (χ2n) is 10.7. The van der Waals surface area contributed by atoms with Crippen LogP contribution in [0.1, 0.15) is 57.6 Å². The topological polar surface area (TPSA) is 89.6 Å². The number of piperidine rings is 1. The second kappa shape index (κ2) is 11.5. The van der Waals surface area contributed by atoms with Gasteiger partial charge < -0.3 is 14.8 Å². The van der Waals surface area contributed by atoms with Crippen molar-refractivity contribution in [2.24, 2.45) is 0 Å². The Morgan fingerprint density at radius 1 is 1.05 bits per heavy atom. The normalized spacial score (nSPS) is 17.5. The van der Waals surface area contributed by atoms with E-state index in [1.54, 1.807) is 0 Å². The van der Waals surface area contributed by atoms with E-state index in [1.165, 1.54) is 50.8 Å². The zero-order chi connectivity index (χ0) is 26.6. The van der Waals surface area contributed by atoms with E-state index in [4.69, 9.17) is 15.0 Å². The van der Waals surface area contributed by atoms with Gasteiger partial charge in [-0.2, -0.15) is 5.10 Å². The molecule has 6 rings (SSSR count). The van der Waals surface area contributed by atoms with E-state index in [-0.39, 0.29) is 0 Å². The third-order valence-electron chi connectivity index (χ3n) is 8.06. The van der Waals surface area contributed by atoms with Crippen LogP contribution >= 0.6 is 0 Å². The van der Waals surface area contributed by atoms with Gasteiger partial charge in [0.1, 0.15) is 11.2 Å². The number of anilines is 1. The Morgan fingerprint density at radius 2 is 1.87 bits per heavy atom. The van der Waals surface area contributed by atoms with Crippen LogP contribution in [0.15, 0.2) is 54.9 Å². The molecule has 0 radical (unpaired) electrons. The highest BCUT2D eigenvalue weighted by molar-refractivity contribution is 5.96. The fraction of sp³-hybridized carbons (Fsp3) is 0.419. The van der Waals surface area contributed by atoms with Crippen molar-refractivity contribution in [3.63, 3.8) is 0 Å². The fourth-order valence-corrected chi connectivity index (χ4v) is 5.88. The van der Waals surface area contributed by atoms with Gasteiger partial charge in [-0.1, -0.05) is 18.7 Å². The van der Waals surface area contributed by atoms with Crippen molar-refractivity contribution in [3.05, 3.63) is 60.6 Å². The quantitative estimate of drug-likeness (QED) is 0.252. The summed E-state index contributed by atoms with van der Waals surface area (Å²) in [6.07, 6.45) is 18.6. The Kier molecular flexibility index (Phi) is 7.54. The van der Waals surface area contributed by atoms with Crippen molar-refractivity contribution in [3.8, 4) is 11.5 Å². The highest BCUT2D eigenvalue weighted by Crippen LogP contribution is 2.31. The molecule has 8 heteroatoms. The highest BCUT2D eigenvalue weighted by Gasteiger charge is 2.20. The number of aromatic amines is 2. The highest BCUT2D eigenvalue weighted by atomic mass is 15.2. The third-order valence-corrected chi connectivity index (χ3v) is 8.06. The zero-order valence-corrected chi connectivity index (χ0v) is 22.9. The van der Waals surface area contributed by atoms with Crippen molar-refractivity contribution in [1.29, 1.82) is 0 Å². The number of pyridine rings is 2. The van der Waals surface area contributed by atoms with Gasteiger partial charge in [0.25, 0.3) is 0 Å². The largest absolute Gasteiger partial charge is 0.355 e. The van der Waals surface area contributed by atoms with Crippen LogP contribution in [0.3, 0.4) is 0 Å². The maximum Gasteiger partial charge on any atom is 0.159 e. The molecule has 8 nitrogen and oxygen atoms in total. The fourth-order valence-electron chi connectivity index (χ4n) is 5.88. The predicted octanol–water partition coefficient (Wildman–Crippen LogP) is 6.28. The Labute approximate surface area is 229 Å². The number of fused-ring (bicyclic) bond motifs is 2. The van der Waals surface area contributed by atoms with Gasteiger partial charge in [0.15, 0.2) is 11.6 Å². The first-order valence-electron chi connectivity index (χ1n) is 14.4. The molecule has 6 heterocycles. The molecule has 4 aromatic heterocycles. The lowest BCUT2D eigenvalue weighted by molar-refractivity contribution is 0.334. The number of allylic oxidation sites excluding steroid dienone is 5. The summed E-state index contributed by atoms with van der Waals surface area (Å²) in [6.45, 7) is 11.8. The lowest BCUT2D eigenvalue weighted by Gasteiger charge is -2.27. The van der Waals surface area contributed by atoms with Crippen LogP contribution in [-0.4, -0.2) is 67.8 Å². The standard InChI is InChI=1S/C31H38N8/c1-3-22(11-10-16-38-14-8-9-15-38)19-23(4-2)26-20-24-27(21-33-26)36-37-28(24)30-34-25-12-13-32-31(29(25)35-30)39-17-6-5-7-18-39/h3-4,12-13,19-21H,1,5-11,14-18H2,2H3,(H,34,35)(H,36,37)/b22-19+,23-4+. The SMILES string of the molecule is C=C/C(=C\C(=C/C)c1cc2c(-c3nc4c(N5CCCCC5)nccc4[nH]3)n[nH]c2cn1)CCCN1CCCC1. The average Bonchev–Trinajstić information content (AvgIpc) is 3.74. The molecule has 4 aromatic rings. The van der Waals surface area contributed by atoms with Crippen molar-refractivity contribution < 1.29 is 0 Å². The van der Waals surface area contributed by atoms with Gasteiger partial charge in [-0.3, -0.25) is 10.1 Å². The van der Waals surface area contributed by atoms with Crippen LogP contribution in [0.25, 0.3) is 39.0 Å². The van der Waals surface area contributed by atoms with Crippen LogP contribution in [0.4, 0.5) is 5.82 Å². The van der Waals surface area contributed by atoms with Crippen LogP contribution in [0, 0.1) is 0 Å². The Hall–Kier alpha value is -3.78. The monoisotopic (exact) mass is 522 g/mol. The molecule has 2 fully saturated rings. The van der Waals surface area contributed by atoms with Crippen LogP contribution in [0.2, 0.25) is 0 Å². The van der Waals surface area contributed by atoms with E-state index in [0.717, 1.165) is 83.0 Å². The molecular weight excluding hydrogens is 484 g/mol. The number of likely N-dealkylation sites (tertiary alicyclic amines) is 1. The minimum atomic E-state index is 0.742. The summed E-state index contributed by atoms with van der Waals surface area (Å²) in [6, 6.07) is 4.10. The van der Waals surface area contributed by atoms with Crippen molar-refractivity contribution in [1.82, 2.24) is 35.0 Å². The number of hydrogen-bond donors (Lipinski definition) is 2. The Balaban J connectivity index is 1.28. The van der Waals surface area contributed by atoms with Crippen LogP contribution < -0.4 is 4.90 Å². The van der Waals surface area contributed by atoms with Gasteiger partial charge in [-0.05, 0) is 101 Å². The predicted molar refractivity (Wildman–Crippen MR) is 160 cm³/mol. The molecule has 0 bridgehead atoms. The van der Waals surface area contributed by atoms with E-state index in [9.17, 15) is 0 Å². The number of aromatic nitrogens is 6. The zero-order valence-electron chi connectivity index (χ0n) is 22.9. The smallest absolute Gasteiger partial charge is 0.159 e. The molecule has 2 aliphatic rings. The summed E-state index contributed by atoms with van der Waals surface area (Å²) in [7, 11) is 0. The van der Waals surface area contributed by atoms with Gasteiger partial charge in [0.05, 0.1) is 22.9 Å². The summed E-state index contributed by atoms with van der Waals surface area (Å²) in [4.78, 5) is 22.9. The number of rotatable bonds is 9. The van der Waals surface area contributed by atoms with Gasteiger partial charge in [-0.15, -0.1) is 0 Å². The van der Waals surface area contributed by atoms with E-state index in [0.29, 0.717) is 0 Å². The third kappa shape index (κ3) is 5.39. The maximum atomic E-state index is 5.00. The van der Waals surface area contributed by atoms with E-state index < -0.39 is 0 Å². The minimum Gasteiger partial charge on any atom is -0.355 e. The molecule has 2 N–H and O–H groups in total. The second-order valence-corrected chi connectivity index (χ2v) is 10.7. The Morgan fingerprint density at radius 3 is 2.67 bits per heavy atom. The molecule has 0 atom stereocenters. The van der Waals surface area contributed by atoms with Gasteiger partial charge in [0.2, 0.25) is 0 Å². The lowest BCUT2D eigenvalue weighted by atomic mass is 10.0. The minimum absolute atomic E-state index is 0.742.